The molecule has 108 valence electrons. The predicted molar refractivity (Wildman–Crippen MR) is 73.2 cm³/mol. The lowest BCUT2D eigenvalue weighted by Crippen LogP contribution is -2.24. The van der Waals surface area contributed by atoms with Crippen LogP contribution in [0.2, 0.25) is 0 Å². The monoisotopic (exact) mass is 291 g/mol. The van der Waals surface area contributed by atoms with E-state index in [1.165, 1.54) is 6.07 Å². The van der Waals surface area contributed by atoms with E-state index >= 15 is 0 Å². The maximum absolute atomic E-state index is 13.0. The molecule has 0 aliphatic rings. The summed E-state index contributed by atoms with van der Waals surface area (Å²) < 4.78 is 25.7. The fourth-order valence-electron chi connectivity index (χ4n) is 1.49. The summed E-state index contributed by atoms with van der Waals surface area (Å²) in [5.74, 6) is -0.0747. The molecule has 0 saturated carbocycles. The molecule has 0 radical (unpaired) electrons. The van der Waals surface area contributed by atoms with Gasteiger partial charge in [0.15, 0.2) is 11.6 Å². The lowest BCUT2D eigenvalue weighted by molar-refractivity contribution is 0.175. The maximum atomic E-state index is 13.0. The fourth-order valence-corrected chi connectivity index (χ4v) is 2.32. The number of thioether (sulfide) groups is 1. The molecule has 0 aliphatic carbocycles. The average Bonchev–Trinajstić information content (AvgIpc) is 2.40. The van der Waals surface area contributed by atoms with Crippen LogP contribution in [0, 0.1) is 11.6 Å². The van der Waals surface area contributed by atoms with Crippen molar-refractivity contribution in [2.75, 3.05) is 31.2 Å². The maximum Gasteiger partial charge on any atom is 0.159 e. The highest BCUT2D eigenvalue weighted by atomic mass is 32.2. The molecule has 0 amide bonds. The number of aliphatic hydroxyl groups is 2. The number of hydrogen-bond donors (Lipinski definition) is 3. The number of aliphatic hydroxyl groups excluding tert-OH is 2. The zero-order valence-electron chi connectivity index (χ0n) is 10.6. The Kier molecular flexibility index (Phi) is 7.97. The summed E-state index contributed by atoms with van der Waals surface area (Å²) in [5, 5.41) is 21.4. The van der Waals surface area contributed by atoms with Crippen molar-refractivity contribution in [2.24, 2.45) is 0 Å². The Morgan fingerprint density at radius 3 is 2.68 bits per heavy atom. The Morgan fingerprint density at radius 1 is 1.21 bits per heavy atom. The van der Waals surface area contributed by atoms with Gasteiger partial charge in [-0.1, -0.05) is 6.07 Å². The largest absolute Gasteiger partial charge is 0.396 e. The third kappa shape index (κ3) is 6.33. The first kappa shape index (κ1) is 16.4. The van der Waals surface area contributed by atoms with Gasteiger partial charge in [0.25, 0.3) is 0 Å². The molecule has 0 heterocycles. The van der Waals surface area contributed by atoms with Crippen LogP contribution in [0.15, 0.2) is 18.2 Å². The van der Waals surface area contributed by atoms with Gasteiger partial charge in [0.05, 0.1) is 6.10 Å². The Balaban J connectivity index is 2.20. The molecule has 0 aliphatic heterocycles. The fraction of sp³-hybridized carbons (Fsp3) is 0.538. The Morgan fingerprint density at radius 2 is 2.00 bits per heavy atom. The molecule has 1 rings (SSSR count). The van der Waals surface area contributed by atoms with E-state index in [4.69, 9.17) is 5.11 Å². The van der Waals surface area contributed by atoms with Gasteiger partial charge in [-0.05, 0) is 29.9 Å². The van der Waals surface area contributed by atoms with Gasteiger partial charge < -0.3 is 15.5 Å². The molecular formula is C13H19F2NO2S. The molecule has 1 atom stereocenters. The summed E-state index contributed by atoms with van der Waals surface area (Å²) in [6.07, 6.45) is -0.0696. The lowest BCUT2D eigenvalue weighted by atomic mass is 10.1. The molecule has 0 bridgehead atoms. The zero-order chi connectivity index (χ0) is 14.1. The second kappa shape index (κ2) is 9.25. The molecule has 1 unspecified atom stereocenters. The van der Waals surface area contributed by atoms with Gasteiger partial charge in [-0.15, -0.1) is 0 Å². The summed E-state index contributed by atoms with van der Waals surface area (Å²) in [4.78, 5) is 0. The molecular weight excluding hydrogens is 272 g/mol. The van der Waals surface area contributed by atoms with Crippen LogP contribution in [-0.2, 0) is 0 Å². The van der Waals surface area contributed by atoms with Crippen molar-refractivity contribution in [1.82, 2.24) is 5.32 Å². The molecule has 0 spiro atoms. The highest BCUT2D eigenvalue weighted by Gasteiger charge is 2.10. The normalized spacial score (nSPS) is 12.6. The van der Waals surface area contributed by atoms with Crippen molar-refractivity contribution in [3.05, 3.63) is 35.4 Å². The Labute approximate surface area is 116 Å². The van der Waals surface area contributed by atoms with E-state index in [2.05, 4.69) is 5.32 Å². The van der Waals surface area contributed by atoms with Crippen LogP contribution in [0.3, 0.4) is 0 Å². The van der Waals surface area contributed by atoms with Gasteiger partial charge >= 0.3 is 0 Å². The number of halogens is 2. The minimum atomic E-state index is -0.948. The van der Waals surface area contributed by atoms with E-state index in [1.54, 1.807) is 11.8 Å². The second-order valence-corrected chi connectivity index (χ2v) is 5.31. The summed E-state index contributed by atoms with van der Waals surface area (Å²) in [7, 11) is 0. The zero-order valence-corrected chi connectivity index (χ0v) is 11.4. The van der Waals surface area contributed by atoms with Crippen molar-refractivity contribution in [2.45, 2.75) is 12.5 Å². The smallest absolute Gasteiger partial charge is 0.159 e. The summed E-state index contributed by atoms with van der Waals surface area (Å²) in [5.41, 5.74) is 0.360. The van der Waals surface area contributed by atoms with Gasteiger partial charge in [-0.2, -0.15) is 11.8 Å². The number of hydrogen-bond acceptors (Lipinski definition) is 4. The summed E-state index contributed by atoms with van der Waals surface area (Å²) in [6, 6.07) is 3.40. The van der Waals surface area contributed by atoms with Crippen LogP contribution in [-0.4, -0.2) is 41.4 Å². The minimum Gasteiger partial charge on any atom is -0.396 e. The van der Waals surface area contributed by atoms with Crippen LogP contribution >= 0.6 is 11.8 Å². The molecule has 1 aromatic carbocycles. The quantitative estimate of drug-likeness (QED) is 0.606. The average molecular weight is 291 g/mol. The molecule has 6 heteroatoms. The van der Waals surface area contributed by atoms with Crippen molar-refractivity contribution < 1.29 is 19.0 Å². The number of benzene rings is 1. The predicted octanol–water partition coefficient (Wildman–Crippen LogP) is 1.70. The minimum absolute atomic E-state index is 0.204. The van der Waals surface area contributed by atoms with E-state index in [1.807, 2.05) is 0 Å². The standard InChI is InChI=1S/C13H19F2NO2S/c14-11-3-2-10(8-12(11)15)13(18)9-16-4-7-19-6-1-5-17/h2-3,8,13,16-18H,1,4-7,9H2. The second-order valence-electron chi connectivity index (χ2n) is 4.08. The topological polar surface area (TPSA) is 52.5 Å². The first-order chi connectivity index (χ1) is 9.15. The third-order valence-corrected chi connectivity index (χ3v) is 3.61. The van der Waals surface area contributed by atoms with Crippen molar-refractivity contribution in [1.29, 1.82) is 0 Å². The van der Waals surface area contributed by atoms with E-state index < -0.39 is 17.7 Å². The molecule has 1 aromatic rings. The van der Waals surface area contributed by atoms with Gasteiger partial charge in [-0.25, -0.2) is 8.78 Å². The molecule has 3 N–H and O–H groups in total. The molecule has 0 fully saturated rings. The van der Waals surface area contributed by atoms with Gasteiger partial charge in [0.1, 0.15) is 0 Å². The molecule has 0 saturated heterocycles. The van der Waals surface area contributed by atoms with Crippen molar-refractivity contribution in [3.63, 3.8) is 0 Å². The van der Waals surface area contributed by atoms with E-state index in [0.29, 0.717) is 12.1 Å². The first-order valence-electron chi connectivity index (χ1n) is 6.17. The molecule has 3 nitrogen and oxygen atoms in total. The SMILES string of the molecule is OCCCSCCNCC(O)c1ccc(F)c(F)c1. The van der Waals surface area contributed by atoms with Crippen LogP contribution in [0.4, 0.5) is 8.78 Å². The Hall–Kier alpha value is -0.690. The van der Waals surface area contributed by atoms with Crippen LogP contribution in [0.5, 0.6) is 0 Å². The van der Waals surface area contributed by atoms with E-state index in [-0.39, 0.29) is 6.61 Å². The van der Waals surface area contributed by atoms with Crippen molar-refractivity contribution >= 4 is 11.8 Å². The van der Waals surface area contributed by atoms with Crippen LogP contribution in [0.25, 0.3) is 0 Å². The van der Waals surface area contributed by atoms with Crippen molar-refractivity contribution in [3.8, 4) is 0 Å². The number of rotatable bonds is 9. The van der Waals surface area contributed by atoms with Crippen LogP contribution in [0.1, 0.15) is 18.1 Å². The summed E-state index contributed by atoms with van der Waals surface area (Å²) >= 11 is 1.72. The van der Waals surface area contributed by atoms with Gasteiger partial charge in [-0.3, -0.25) is 0 Å². The lowest BCUT2D eigenvalue weighted by Gasteiger charge is -2.12. The molecule has 0 aromatic heterocycles. The van der Waals surface area contributed by atoms with E-state index in [0.717, 1.165) is 36.6 Å². The third-order valence-electron chi connectivity index (χ3n) is 2.54. The highest BCUT2D eigenvalue weighted by Crippen LogP contribution is 2.15. The highest BCUT2D eigenvalue weighted by molar-refractivity contribution is 7.99. The van der Waals surface area contributed by atoms with Gasteiger partial charge in [0.2, 0.25) is 0 Å². The number of nitrogens with one attached hydrogen (secondary N) is 1. The van der Waals surface area contributed by atoms with Gasteiger partial charge in [0, 0.05) is 25.4 Å². The first-order valence-corrected chi connectivity index (χ1v) is 7.33. The molecule has 19 heavy (non-hydrogen) atoms. The Bertz CT molecular complexity index is 380. The summed E-state index contributed by atoms with van der Waals surface area (Å²) in [6.45, 7) is 1.22. The van der Waals surface area contributed by atoms with Crippen LogP contribution < -0.4 is 5.32 Å². The van der Waals surface area contributed by atoms with E-state index in [9.17, 15) is 13.9 Å².